The highest BCUT2D eigenvalue weighted by atomic mass is 32.2. The van der Waals surface area contributed by atoms with Crippen LogP contribution in [0.15, 0.2) is 72.8 Å². The van der Waals surface area contributed by atoms with Gasteiger partial charge in [0, 0.05) is 41.1 Å². The summed E-state index contributed by atoms with van der Waals surface area (Å²) in [4.78, 5) is 25.2. The summed E-state index contributed by atoms with van der Waals surface area (Å²) in [5.74, 6) is -1.20. The van der Waals surface area contributed by atoms with E-state index < -0.39 is 44.9 Å². The molecule has 0 spiro atoms. The van der Waals surface area contributed by atoms with Gasteiger partial charge in [-0.25, -0.2) is 36.7 Å². The first-order chi connectivity index (χ1) is 23.4. The van der Waals surface area contributed by atoms with Crippen LogP contribution in [-0.2, 0) is 29.6 Å². The number of nitrogens with one attached hydrogen (secondary N) is 1. The molecule has 1 amide bonds. The van der Waals surface area contributed by atoms with E-state index >= 15 is 4.39 Å². The van der Waals surface area contributed by atoms with Crippen LogP contribution in [0.3, 0.4) is 0 Å². The summed E-state index contributed by atoms with van der Waals surface area (Å²) in [6.07, 6.45) is 1.07. The van der Waals surface area contributed by atoms with Crippen molar-refractivity contribution in [3.05, 3.63) is 118 Å². The molecule has 3 aromatic carbocycles. The van der Waals surface area contributed by atoms with Gasteiger partial charge in [0.25, 0.3) is 5.91 Å². The molecule has 2 heterocycles. The number of rotatable bonds is 12. The predicted molar refractivity (Wildman–Crippen MR) is 178 cm³/mol. The molecule has 0 bridgehead atoms. The molecule has 1 aliphatic carbocycles. The summed E-state index contributed by atoms with van der Waals surface area (Å²) in [6, 6.07) is 18.3. The van der Waals surface area contributed by atoms with E-state index in [1.807, 2.05) is 0 Å². The van der Waals surface area contributed by atoms with Gasteiger partial charge in [0.1, 0.15) is 24.1 Å². The minimum absolute atomic E-state index is 0.0508. The van der Waals surface area contributed by atoms with Gasteiger partial charge in [-0.05, 0) is 54.8 Å². The van der Waals surface area contributed by atoms with Gasteiger partial charge in [-0.1, -0.05) is 44.2 Å². The van der Waals surface area contributed by atoms with E-state index in [4.69, 9.17) is 11.3 Å². The molecule has 1 saturated carbocycles. The SMILES string of the molecule is [C-]#[N+]c1ccc(COc2cccc(-c3ccc(Cc4nc5ccc(C(=O)NS(=O)(=O)C6CC6)cc5n4CC(C)(C)CF)c(F)c3)n2)c(F)c1. The molecule has 13 heteroatoms. The maximum absolute atomic E-state index is 15.7. The van der Waals surface area contributed by atoms with Gasteiger partial charge in [0.2, 0.25) is 15.9 Å². The molecule has 0 radical (unpaired) electrons. The van der Waals surface area contributed by atoms with Gasteiger partial charge >= 0.3 is 0 Å². The molecule has 1 N–H and O–H groups in total. The fourth-order valence-electron chi connectivity index (χ4n) is 5.30. The monoisotopic (exact) mass is 687 g/mol. The summed E-state index contributed by atoms with van der Waals surface area (Å²) in [5, 5.41) is -0.566. The van der Waals surface area contributed by atoms with E-state index in [1.54, 1.807) is 54.8 Å². The number of aromatic nitrogens is 3. The van der Waals surface area contributed by atoms with Crippen LogP contribution >= 0.6 is 0 Å². The molecular formula is C36H32F3N5O4S. The third-order valence-electron chi connectivity index (χ3n) is 8.20. The van der Waals surface area contributed by atoms with Crippen molar-refractivity contribution < 1.29 is 31.1 Å². The Labute approximate surface area is 281 Å². The topological polar surface area (TPSA) is 108 Å². The number of sulfonamides is 1. The Bertz CT molecular complexity index is 2230. The highest BCUT2D eigenvalue weighted by Gasteiger charge is 2.37. The average Bonchev–Trinajstić information content (AvgIpc) is 3.90. The minimum Gasteiger partial charge on any atom is -0.473 e. The first-order valence-corrected chi connectivity index (χ1v) is 17.1. The van der Waals surface area contributed by atoms with Crippen molar-refractivity contribution in [3.63, 3.8) is 0 Å². The van der Waals surface area contributed by atoms with Gasteiger partial charge in [-0.15, -0.1) is 0 Å². The molecule has 1 fully saturated rings. The average molecular weight is 688 g/mol. The van der Waals surface area contributed by atoms with Gasteiger partial charge < -0.3 is 9.30 Å². The Morgan fingerprint density at radius 2 is 1.78 bits per heavy atom. The molecular weight excluding hydrogens is 655 g/mol. The van der Waals surface area contributed by atoms with Crippen LogP contribution < -0.4 is 9.46 Å². The van der Waals surface area contributed by atoms with E-state index in [9.17, 15) is 22.0 Å². The number of carbonyl (C=O) groups is 1. The fraction of sp³-hybridized carbons (Fsp3) is 0.278. The lowest BCUT2D eigenvalue weighted by Crippen LogP contribution is -2.33. The molecule has 0 saturated heterocycles. The number of pyridine rings is 1. The number of amides is 1. The molecule has 9 nitrogen and oxygen atoms in total. The Balaban J connectivity index is 1.24. The van der Waals surface area contributed by atoms with E-state index in [0.717, 1.165) is 6.07 Å². The summed E-state index contributed by atoms with van der Waals surface area (Å²) in [7, 11) is -3.76. The molecule has 1 aliphatic rings. The van der Waals surface area contributed by atoms with Crippen molar-refractivity contribution in [1.82, 2.24) is 19.3 Å². The number of nitrogens with zero attached hydrogens (tertiary/aromatic N) is 4. The van der Waals surface area contributed by atoms with Gasteiger partial charge in [-0.2, -0.15) is 0 Å². The lowest BCUT2D eigenvalue weighted by Gasteiger charge is -2.23. The molecule has 0 unspecified atom stereocenters. The molecule has 252 valence electrons. The third kappa shape index (κ3) is 7.60. The molecule has 0 atom stereocenters. The smallest absolute Gasteiger partial charge is 0.264 e. The van der Waals surface area contributed by atoms with E-state index in [0.29, 0.717) is 46.5 Å². The maximum Gasteiger partial charge on any atom is 0.264 e. The van der Waals surface area contributed by atoms with Crippen LogP contribution in [0.1, 0.15) is 54.0 Å². The number of hydrogen-bond acceptors (Lipinski definition) is 6. The van der Waals surface area contributed by atoms with Gasteiger partial charge in [0.05, 0.1) is 35.2 Å². The standard InChI is InChI=1S/C36H32F3N5O4S/c1-36(2,20-37)21-44-32-16-24(35(45)43-49(46,47)27-12-13-27)10-14-31(32)41-33(44)17-22-7-8-23(15-28(22)38)30-5-4-6-34(42-30)48-19-25-9-11-26(40-3)18-29(25)39/h4-11,14-16,18,27H,12-13,17,19-21H2,1-2H3,(H,43,45). The van der Waals surface area contributed by atoms with Crippen molar-refractivity contribution in [2.24, 2.45) is 5.41 Å². The van der Waals surface area contributed by atoms with Crippen molar-refractivity contribution in [3.8, 4) is 17.1 Å². The molecule has 5 aromatic rings. The van der Waals surface area contributed by atoms with Crippen LogP contribution in [0.4, 0.5) is 18.9 Å². The molecule has 6 rings (SSSR count). The largest absolute Gasteiger partial charge is 0.473 e. The number of imidazole rings is 1. The first kappa shape index (κ1) is 33.7. The second-order valence-electron chi connectivity index (χ2n) is 12.8. The number of halogens is 3. The molecule has 49 heavy (non-hydrogen) atoms. The Kier molecular flexibility index (Phi) is 9.18. The number of fused-ring (bicyclic) bond motifs is 1. The summed E-state index contributed by atoms with van der Waals surface area (Å²) >= 11 is 0. The van der Waals surface area contributed by atoms with E-state index in [1.165, 1.54) is 30.3 Å². The van der Waals surface area contributed by atoms with Crippen LogP contribution in [-0.4, -0.2) is 40.8 Å². The van der Waals surface area contributed by atoms with Gasteiger partial charge in [-0.3, -0.25) is 9.18 Å². The van der Waals surface area contributed by atoms with Crippen molar-refractivity contribution >= 4 is 32.7 Å². The number of carbonyl (C=O) groups excluding carboxylic acids is 1. The summed E-state index contributed by atoms with van der Waals surface area (Å²) in [6.45, 7) is 9.90. The van der Waals surface area contributed by atoms with Crippen molar-refractivity contribution in [2.45, 2.75) is 51.5 Å². The number of ether oxygens (including phenoxy) is 1. The second-order valence-corrected chi connectivity index (χ2v) is 14.8. The molecule has 2 aromatic heterocycles. The Morgan fingerprint density at radius 3 is 2.47 bits per heavy atom. The number of hydrogen-bond donors (Lipinski definition) is 1. The second kappa shape index (κ2) is 13.4. The van der Waals surface area contributed by atoms with E-state index in [-0.39, 0.29) is 42.3 Å². The Morgan fingerprint density at radius 1 is 1.02 bits per heavy atom. The van der Waals surface area contributed by atoms with E-state index in [2.05, 4.69) is 19.5 Å². The number of benzene rings is 3. The lowest BCUT2D eigenvalue weighted by molar-refractivity contribution is 0.0981. The quantitative estimate of drug-likeness (QED) is 0.138. The lowest BCUT2D eigenvalue weighted by atomic mass is 9.95. The zero-order valence-corrected chi connectivity index (χ0v) is 27.5. The first-order valence-electron chi connectivity index (χ1n) is 15.5. The van der Waals surface area contributed by atoms with Gasteiger partial charge in [0.15, 0.2) is 5.69 Å². The normalized spacial score (nSPS) is 13.3. The predicted octanol–water partition coefficient (Wildman–Crippen LogP) is 7.31. The van der Waals surface area contributed by atoms with Crippen LogP contribution in [0, 0.1) is 23.6 Å². The van der Waals surface area contributed by atoms with Crippen molar-refractivity contribution in [2.75, 3.05) is 6.67 Å². The zero-order chi connectivity index (χ0) is 34.9. The minimum atomic E-state index is -3.76. The molecule has 0 aliphatic heterocycles. The van der Waals surface area contributed by atoms with Crippen molar-refractivity contribution in [1.29, 1.82) is 0 Å². The summed E-state index contributed by atoms with van der Waals surface area (Å²) < 4.78 is 78.2. The highest BCUT2D eigenvalue weighted by molar-refractivity contribution is 7.91. The fourth-order valence-corrected chi connectivity index (χ4v) is 6.60. The number of alkyl halides is 1. The van der Waals surface area contributed by atoms with Crippen LogP contribution in [0.25, 0.3) is 27.1 Å². The zero-order valence-electron chi connectivity index (χ0n) is 26.7. The van der Waals surface area contributed by atoms with Crippen LogP contribution in [0.2, 0.25) is 0 Å². The summed E-state index contributed by atoms with van der Waals surface area (Å²) in [5.41, 5.74) is 1.95. The Hall–Kier alpha value is -5.22. The van der Waals surface area contributed by atoms with Crippen LogP contribution in [0.5, 0.6) is 5.88 Å². The maximum atomic E-state index is 15.7. The third-order valence-corrected chi connectivity index (χ3v) is 10.0. The highest BCUT2D eigenvalue weighted by Crippen LogP contribution is 2.30.